The van der Waals surface area contributed by atoms with E-state index in [4.69, 9.17) is 12.3 Å². The Bertz CT molecular complexity index is 744. The quantitative estimate of drug-likeness (QED) is 0.508. The zero-order chi connectivity index (χ0) is 15.4. The van der Waals surface area contributed by atoms with Crippen LogP contribution < -0.4 is 16.5 Å². The fraction of sp³-hybridized carbons (Fsp3) is 0.267. The summed E-state index contributed by atoms with van der Waals surface area (Å²) in [5.74, 6) is 8.80. The van der Waals surface area contributed by atoms with Crippen LogP contribution in [0.1, 0.15) is 12.5 Å². The highest BCUT2D eigenvalue weighted by molar-refractivity contribution is 5.61. The van der Waals surface area contributed by atoms with E-state index in [0.29, 0.717) is 5.82 Å². The van der Waals surface area contributed by atoms with Crippen molar-refractivity contribution in [2.75, 3.05) is 11.6 Å². The summed E-state index contributed by atoms with van der Waals surface area (Å²) >= 11 is 0. The summed E-state index contributed by atoms with van der Waals surface area (Å²) in [6, 6.07) is 7.79. The van der Waals surface area contributed by atoms with Crippen LogP contribution in [0, 0.1) is 12.3 Å². The average Bonchev–Trinajstić information content (AvgIpc) is 2.50. The predicted octanol–water partition coefficient (Wildman–Crippen LogP) is 0.718. The molecule has 1 aromatic heterocycles. The van der Waals surface area contributed by atoms with Crippen LogP contribution in [0.4, 0.5) is 5.95 Å². The third-order valence-corrected chi connectivity index (χ3v) is 3.16. The second-order valence-electron chi connectivity index (χ2n) is 4.53. The van der Waals surface area contributed by atoms with Gasteiger partial charge >= 0.3 is 5.69 Å². The SMILES string of the molecule is C#CCN(N)c1nc(-c2ccccc2CC)n(C)c(=O)n1. The molecular weight excluding hydrogens is 266 g/mol. The first-order valence-corrected chi connectivity index (χ1v) is 6.57. The normalized spacial score (nSPS) is 10.2. The van der Waals surface area contributed by atoms with E-state index in [-0.39, 0.29) is 12.5 Å². The van der Waals surface area contributed by atoms with Crippen molar-refractivity contribution in [3.63, 3.8) is 0 Å². The van der Waals surface area contributed by atoms with Crippen LogP contribution >= 0.6 is 0 Å². The van der Waals surface area contributed by atoms with Crippen molar-refractivity contribution >= 4 is 5.95 Å². The summed E-state index contributed by atoms with van der Waals surface area (Å²) in [4.78, 5) is 20.2. The molecule has 0 spiro atoms. The van der Waals surface area contributed by atoms with E-state index >= 15 is 0 Å². The molecule has 6 nitrogen and oxygen atoms in total. The van der Waals surface area contributed by atoms with Crippen molar-refractivity contribution < 1.29 is 0 Å². The van der Waals surface area contributed by atoms with E-state index in [1.54, 1.807) is 7.05 Å². The molecule has 21 heavy (non-hydrogen) atoms. The maximum atomic E-state index is 12.0. The van der Waals surface area contributed by atoms with Gasteiger partial charge in [-0.25, -0.2) is 10.6 Å². The number of nitrogens with zero attached hydrogens (tertiary/aromatic N) is 4. The molecule has 2 aromatic rings. The standard InChI is InChI=1S/C15H17N5O/c1-4-10-20(16)14-17-13(19(3)15(21)18-14)12-9-7-6-8-11(12)5-2/h1,6-9H,5,10,16H2,2-3H3. The first-order chi connectivity index (χ1) is 10.1. The molecule has 6 heteroatoms. The Morgan fingerprint density at radius 2 is 2.10 bits per heavy atom. The van der Waals surface area contributed by atoms with Crippen LogP contribution in [0.25, 0.3) is 11.4 Å². The van der Waals surface area contributed by atoms with Crippen LogP contribution in [-0.2, 0) is 13.5 Å². The van der Waals surface area contributed by atoms with Crippen molar-refractivity contribution in [1.82, 2.24) is 14.5 Å². The van der Waals surface area contributed by atoms with Crippen molar-refractivity contribution in [2.24, 2.45) is 12.9 Å². The summed E-state index contributed by atoms with van der Waals surface area (Å²) in [7, 11) is 1.63. The Labute approximate surface area is 123 Å². The van der Waals surface area contributed by atoms with Gasteiger partial charge in [-0.15, -0.1) is 6.42 Å². The lowest BCUT2D eigenvalue weighted by Crippen LogP contribution is -2.36. The number of hydrogen-bond acceptors (Lipinski definition) is 5. The zero-order valence-electron chi connectivity index (χ0n) is 12.1. The van der Waals surface area contributed by atoms with Gasteiger partial charge in [0.05, 0.1) is 6.54 Å². The third kappa shape index (κ3) is 2.93. The molecule has 2 rings (SSSR count). The molecule has 0 unspecified atom stereocenters. The molecular formula is C15H17N5O. The van der Waals surface area contributed by atoms with E-state index in [2.05, 4.69) is 15.9 Å². The van der Waals surface area contributed by atoms with Crippen LogP contribution in [0.3, 0.4) is 0 Å². The number of aromatic nitrogens is 3. The van der Waals surface area contributed by atoms with Gasteiger partial charge in [-0.2, -0.15) is 9.97 Å². The van der Waals surface area contributed by atoms with Crippen LogP contribution in [0.15, 0.2) is 29.1 Å². The largest absolute Gasteiger partial charge is 0.352 e. The molecule has 1 aromatic carbocycles. The van der Waals surface area contributed by atoms with Crippen LogP contribution in [0.2, 0.25) is 0 Å². The van der Waals surface area contributed by atoms with Gasteiger partial charge in [0, 0.05) is 12.6 Å². The number of hydrazine groups is 1. The lowest BCUT2D eigenvalue weighted by atomic mass is 10.0. The Kier molecular flexibility index (Phi) is 4.36. The minimum atomic E-state index is -0.423. The molecule has 0 atom stereocenters. The molecule has 108 valence electrons. The summed E-state index contributed by atoms with van der Waals surface area (Å²) < 4.78 is 1.40. The smallest absolute Gasteiger partial charge is 0.279 e. The number of hydrogen-bond donors (Lipinski definition) is 1. The lowest BCUT2D eigenvalue weighted by molar-refractivity contribution is 0.756. The maximum absolute atomic E-state index is 12.0. The summed E-state index contributed by atoms with van der Waals surface area (Å²) in [6.45, 7) is 2.18. The highest BCUT2D eigenvalue weighted by Crippen LogP contribution is 2.21. The molecule has 0 aliphatic rings. The highest BCUT2D eigenvalue weighted by atomic mass is 16.1. The Morgan fingerprint density at radius 1 is 1.38 bits per heavy atom. The third-order valence-electron chi connectivity index (χ3n) is 3.16. The molecule has 0 radical (unpaired) electrons. The predicted molar refractivity (Wildman–Crippen MR) is 82.5 cm³/mol. The number of anilines is 1. The first-order valence-electron chi connectivity index (χ1n) is 6.57. The van der Waals surface area contributed by atoms with Crippen molar-refractivity contribution in [3.05, 3.63) is 40.3 Å². The molecule has 0 fully saturated rings. The second-order valence-corrected chi connectivity index (χ2v) is 4.53. The molecule has 0 aliphatic heterocycles. The Morgan fingerprint density at radius 3 is 2.76 bits per heavy atom. The fourth-order valence-electron chi connectivity index (χ4n) is 2.03. The average molecular weight is 283 g/mol. The van der Waals surface area contributed by atoms with E-state index in [9.17, 15) is 4.79 Å². The molecule has 0 aliphatic carbocycles. The van der Waals surface area contributed by atoms with Crippen LogP contribution in [-0.4, -0.2) is 21.1 Å². The monoisotopic (exact) mass is 283 g/mol. The lowest BCUT2D eigenvalue weighted by Gasteiger charge is -2.16. The van der Waals surface area contributed by atoms with Gasteiger partial charge in [-0.1, -0.05) is 37.1 Å². The van der Waals surface area contributed by atoms with E-state index < -0.39 is 5.69 Å². The number of terminal acetylenes is 1. The van der Waals surface area contributed by atoms with Gasteiger partial charge in [-0.05, 0) is 12.0 Å². The molecule has 2 N–H and O–H groups in total. The van der Waals surface area contributed by atoms with Gasteiger partial charge in [0.2, 0.25) is 5.95 Å². The van der Waals surface area contributed by atoms with E-state index in [1.165, 1.54) is 9.58 Å². The fourth-order valence-corrected chi connectivity index (χ4v) is 2.03. The maximum Gasteiger partial charge on any atom is 0.352 e. The topological polar surface area (TPSA) is 77.0 Å². The van der Waals surface area contributed by atoms with E-state index in [1.807, 2.05) is 31.2 Å². The van der Waals surface area contributed by atoms with Crippen molar-refractivity contribution in [1.29, 1.82) is 0 Å². The van der Waals surface area contributed by atoms with Gasteiger partial charge in [0.1, 0.15) is 5.82 Å². The van der Waals surface area contributed by atoms with Gasteiger partial charge in [0.25, 0.3) is 0 Å². The Hall–Kier alpha value is -2.65. The van der Waals surface area contributed by atoms with Gasteiger partial charge in [0.15, 0.2) is 0 Å². The molecule has 0 saturated heterocycles. The summed E-state index contributed by atoms with van der Waals surface area (Å²) in [6.07, 6.45) is 6.05. The number of benzene rings is 1. The Balaban J connectivity index is 2.63. The molecule has 1 heterocycles. The van der Waals surface area contributed by atoms with E-state index in [0.717, 1.165) is 17.5 Å². The molecule has 0 amide bonds. The zero-order valence-corrected chi connectivity index (χ0v) is 12.1. The minimum absolute atomic E-state index is 0.122. The summed E-state index contributed by atoms with van der Waals surface area (Å²) in [5.41, 5.74) is 1.56. The minimum Gasteiger partial charge on any atom is -0.279 e. The summed E-state index contributed by atoms with van der Waals surface area (Å²) in [5, 5.41) is 1.18. The highest BCUT2D eigenvalue weighted by Gasteiger charge is 2.14. The number of aryl methyl sites for hydroxylation is 1. The van der Waals surface area contributed by atoms with Gasteiger partial charge in [-0.3, -0.25) is 9.58 Å². The number of rotatable bonds is 4. The molecule has 0 bridgehead atoms. The number of nitrogens with two attached hydrogens (primary N) is 1. The molecule has 0 saturated carbocycles. The van der Waals surface area contributed by atoms with Crippen molar-refractivity contribution in [2.45, 2.75) is 13.3 Å². The second kappa shape index (κ2) is 6.20. The first kappa shape index (κ1) is 14.8. The van der Waals surface area contributed by atoms with Gasteiger partial charge < -0.3 is 0 Å². The van der Waals surface area contributed by atoms with Crippen molar-refractivity contribution in [3.8, 4) is 23.7 Å². The van der Waals surface area contributed by atoms with Crippen LogP contribution in [0.5, 0.6) is 0 Å².